The second-order valence-electron chi connectivity index (χ2n) is 7.60. The lowest BCUT2D eigenvalue weighted by molar-refractivity contribution is -0.120. The summed E-state index contributed by atoms with van der Waals surface area (Å²) >= 11 is 0. The summed E-state index contributed by atoms with van der Waals surface area (Å²) in [6.07, 6.45) is 0.909. The molecule has 156 valence electrons. The number of carbonyl (C=O) groups excluding carboxylic acids is 2. The van der Waals surface area contributed by atoms with E-state index in [-0.39, 0.29) is 18.2 Å². The third-order valence-electron chi connectivity index (χ3n) is 5.41. The Morgan fingerprint density at radius 1 is 0.903 bits per heavy atom. The Hall–Kier alpha value is -3.73. The molecule has 0 spiro atoms. The highest BCUT2D eigenvalue weighted by Gasteiger charge is 2.15. The van der Waals surface area contributed by atoms with Gasteiger partial charge in [0.2, 0.25) is 5.91 Å². The van der Waals surface area contributed by atoms with E-state index in [1.54, 1.807) is 0 Å². The van der Waals surface area contributed by atoms with Crippen LogP contribution in [0.4, 0.5) is 0 Å². The highest BCUT2D eigenvalue weighted by Crippen LogP contribution is 2.17. The first kappa shape index (κ1) is 20.5. The number of amides is 1. The van der Waals surface area contributed by atoms with Crippen molar-refractivity contribution in [3.63, 3.8) is 0 Å². The van der Waals surface area contributed by atoms with Gasteiger partial charge >= 0.3 is 0 Å². The average Bonchev–Trinajstić information content (AvgIpc) is 3.13. The number of ketones is 1. The second-order valence-corrected chi connectivity index (χ2v) is 7.60. The largest absolute Gasteiger partial charge is 0.355 e. The zero-order valence-corrected chi connectivity index (χ0v) is 17.5. The lowest BCUT2D eigenvalue weighted by atomic mass is 10.1. The summed E-state index contributed by atoms with van der Waals surface area (Å²) in [6, 6.07) is 25.0. The monoisotopic (exact) mass is 411 g/mol. The molecule has 0 saturated carbocycles. The molecule has 31 heavy (non-hydrogen) atoms. The molecule has 0 aliphatic carbocycles. The zero-order valence-electron chi connectivity index (χ0n) is 17.5. The molecule has 0 aliphatic rings. The topological polar surface area (TPSA) is 64.0 Å². The molecule has 0 saturated heterocycles. The average molecular weight is 412 g/mol. The third kappa shape index (κ3) is 4.89. The molecule has 0 unspecified atom stereocenters. The van der Waals surface area contributed by atoms with Crippen LogP contribution < -0.4 is 5.32 Å². The maximum atomic E-state index is 12.8. The summed E-state index contributed by atoms with van der Waals surface area (Å²) in [5, 5.41) is 2.99. The summed E-state index contributed by atoms with van der Waals surface area (Å²) in [4.78, 5) is 29.9. The number of aromatic nitrogens is 2. The number of para-hydroxylation sites is 2. The predicted molar refractivity (Wildman–Crippen MR) is 122 cm³/mol. The minimum absolute atomic E-state index is 0.0164. The molecule has 0 aliphatic heterocycles. The van der Waals surface area contributed by atoms with Crippen molar-refractivity contribution in [2.75, 3.05) is 6.54 Å². The van der Waals surface area contributed by atoms with E-state index in [1.165, 1.54) is 0 Å². The Bertz CT molecular complexity index is 1210. The van der Waals surface area contributed by atoms with Gasteiger partial charge in [0.25, 0.3) is 0 Å². The summed E-state index contributed by atoms with van der Waals surface area (Å²) in [5.74, 6) is 0.813. The van der Waals surface area contributed by atoms with Crippen molar-refractivity contribution < 1.29 is 9.59 Å². The summed E-state index contributed by atoms with van der Waals surface area (Å²) in [7, 11) is 0. The number of aryl methyl sites for hydroxylation is 1. The molecule has 1 N–H and O–H groups in total. The van der Waals surface area contributed by atoms with Crippen LogP contribution in [0.1, 0.15) is 27.3 Å². The summed E-state index contributed by atoms with van der Waals surface area (Å²) in [6.45, 7) is 2.69. The van der Waals surface area contributed by atoms with E-state index in [1.807, 2.05) is 90.4 Å². The minimum atomic E-state index is -0.0164. The van der Waals surface area contributed by atoms with Crippen LogP contribution in [0.25, 0.3) is 11.0 Å². The van der Waals surface area contributed by atoms with Crippen molar-refractivity contribution in [2.45, 2.75) is 26.3 Å². The van der Waals surface area contributed by atoms with Crippen LogP contribution in [-0.4, -0.2) is 27.8 Å². The van der Waals surface area contributed by atoms with Gasteiger partial charge in [0.1, 0.15) is 5.82 Å². The van der Waals surface area contributed by atoms with Gasteiger partial charge in [0, 0.05) is 18.5 Å². The number of Topliss-reactive ketones (excluding diaryl/α,β-unsaturated/α-hetero) is 1. The van der Waals surface area contributed by atoms with Gasteiger partial charge in [-0.3, -0.25) is 9.59 Å². The number of rotatable bonds is 8. The predicted octanol–water partition coefficient (Wildman–Crippen LogP) is 4.13. The number of carbonyl (C=O) groups is 2. The molecule has 5 heteroatoms. The molecule has 1 amide bonds. The van der Waals surface area contributed by atoms with Crippen molar-refractivity contribution in [2.24, 2.45) is 0 Å². The molecular formula is C26H25N3O2. The first-order valence-electron chi connectivity index (χ1n) is 10.5. The number of fused-ring (bicyclic) bond motifs is 1. The normalized spacial score (nSPS) is 10.9. The third-order valence-corrected chi connectivity index (χ3v) is 5.41. The standard InChI is InChI=1S/C26H25N3O2/c1-19-9-5-6-12-21(19)17-26(31)27-16-15-25-28-22-13-7-8-14-23(22)29(25)18-24(30)20-10-3-2-4-11-20/h2-14H,15-18H2,1H3,(H,27,31). The van der Waals surface area contributed by atoms with Crippen LogP contribution in [0.15, 0.2) is 78.9 Å². The fraction of sp³-hybridized carbons (Fsp3) is 0.192. The van der Waals surface area contributed by atoms with Gasteiger partial charge in [-0.05, 0) is 30.2 Å². The van der Waals surface area contributed by atoms with Crippen LogP contribution in [0.3, 0.4) is 0 Å². The van der Waals surface area contributed by atoms with Crippen LogP contribution in [-0.2, 0) is 24.2 Å². The first-order chi connectivity index (χ1) is 15.1. The molecule has 0 radical (unpaired) electrons. The van der Waals surface area contributed by atoms with E-state index < -0.39 is 0 Å². The molecule has 0 bridgehead atoms. The lowest BCUT2D eigenvalue weighted by Crippen LogP contribution is -2.28. The molecule has 0 fully saturated rings. The van der Waals surface area contributed by atoms with Crippen molar-refractivity contribution in [1.82, 2.24) is 14.9 Å². The molecule has 4 rings (SSSR count). The number of hydrogen-bond donors (Lipinski definition) is 1. The fourth-order valence-corrected chi connectivity index (χ4v) is 3.71. The van der Waals surface area contributed by atoms with Crippen LogP contribution in [0, 0.1) is 6.92 Å². The molecule has 4 aromatic rings. The van der Waals surface area contributed by atoms with Gasteiger partial charge in [-0.1, -0.05) is 66.7 Å². The quantitative estimate of drug-likeness (QED) is 0.444. The Morgan fingerprint density at radius 3 is 2.42 bits per heavy atom. The molecule has 1 heterocycles. The van der Waals surface area contributed by atoms with Crippen LogP contribution in [0.5, 0.6) is 0 Å². The summed E-state index contributed by atoms with van der Waals surface area (Å²) in [5.41, 5.74) is 4.59. The fourth-order valence-electron chi connectivity index (χ4n) is 3.71. The van der Waals surface area contributed by atoms with Gasteiger partial charge in [0.05, 0.1) is 24.0 Å². The maximum Gasteiger partial charge on any atom is 0.224 e. The molecule has 0 atom stereocenters. The maximum absolute atomic E-state index is 12.8. The highest BCUT2D eigenvalue weighted by molar-refractivity contribution is 5.96. The number of hydrogen-bond acceptors (Lipinski definition) is 3. The smallest absolute Gasteiger partial charge is 0.224 e. The molecule has 1 aromatic heterocycles. The number of nitrogens with zero attached hydrogens (tertiary/aromatic N) is 2. The second kappa shape index (κ2) is 9.39. The Labute approximate surface area is 181 Å². The zero-order chi connectivity index (χ0) is 21.6. The first-order valence-corrected chi connectivity index (χ1v) is 10.5. The van der Waals surface area contributed by atoms with Crippen LogP contribution >= 0.6 is 0 Å². The van der Waals surface area contributed by atoms with E-state index in [2.05, 4.69) is 5.32 Å². The Balaban J connectivity index is 1.46. The van der Waals surface area contributed by atoms with Gasteiger partial charge in [0.15, 0.2) is 5.78 Å². The van der Waals surface area contributed by atoms with Crippen molar-refractivity contribution in [1.29, 1.82) is 0 Å². The van der Waals surface area contributed by atoms with E-state index >= 15 is 0 Å². The number of benzene rings is 3. The van der Waals surface area contributed by atoms with Gasteiger partial charge in [-0.15, -0.1) is 0 Å². The number of nitrogens with one attached hydrogen (secondary N) is 1. The van der Waals surface area contributed by atoms with Gasteiger partial charge < -0.3 is 9.88 Å². The molecule has 3 aromatic carbocycles. The van der Waals surface area contributed by atoms with Crippen molar-refractivity contribution in [3.05, 3.63) is 101 Å². The van der Waals surface area contributed by atoms with E-state index in [0.29, 0.717) is 24.9 Å². The lowest BCUT2D eigenvalue weighted by Gasteiger charge is -2.10. The van der Waals surface area contributed by atoms with E-state index in [9.17, 15) is 9.59 Å². The van der Waals surface area contributed by atoms with Gasteiger partial charge in [-0.25, -0.2) is 4.98 Å². The van der Waals surface area contributed by atoms with Crippen molar-refractivity contribution in [3.8, 4) is 0 Å². The van der Waals surface area contributed by atoms with Gasteiger partial charge in [-0.2, -0.15) is 0 Å². The summed E-state index contributed by atoms with van der Waals surface area (Å²) < 4.78 is 1.96. The number of imidazole rings is 1. The highest BCUT2D eigenvalue weighted by atomic mass is 16.1. The van der Waals surface area contributed by atoms with Crippen LogP contribution in [0.2, 0.25) is 0 Å². The Kier molecular flexibility index (Phi) is 6.22. The minimum Gasteiger partial charge on any atom is -0.355 e. The molecular weight excluding hydrogens is 386 g/mol. The van der Waals surface area contributed by atoms with Crippen molar-refractivity contribution >= 4 is 22.7 Å². The Morgan fingerprint density at radius 2 is 1.61 bits per heavy atom. The molecule has 5 nitrogen and oxygen atoms in total. The van der Waals surface area contributed by atoms with E-state index in [4.69, 9.17) is 4.98 Å². The van der Waals surface area contributed by atoms with E-state index in [0.717, 1.165) is 28.0 Å². The SMILES string of the molecule is Cc1ccccc1CC(=O)NCCc1nc2ccccc2n1CC(=O)c1ccccc1.